The zero-order valence-electron chi connectivity index (χ0n) is 6.19. The van der Waals surface area contributed by atoms with Crippen LogP contribution in [0.1, 0.15) is 12.8 Å². The van der Waals surface area contributed by atoms with Gasteiger partial charge in [-0.3, -0.25) is 4.79 Å². The van der Waals surface area contributed by atoms with Crippen LogP contribution in [-0.4, -0.2) is 18.0 Å². The Labute approximate surface area is 65.2 Å². The molecule has 4 atom stereocenters. The van der Waals surface area contributed by atoms with E-state index in [2.05, 4.69) is 12.2 Å². The molecule has 0 unspecified atom stereocenters. The lowest BCUT2D eigenvalue weighted by Gasteiger charge is -2.13. The van der Waals surface area contributed by atoms with Crippen molar-refractivity contribution >= 4 is 5.78 Å². The van der Waals surface area contributed by atoms with Gasteiger partial charge in [0, 0.05) is 12.3 Å². The summed E-state index contributed by atoms with van der Waals surface area (Å²) in [6.07, 6.45) is 6.42. The molecule has 0 N–H and O–H groups in total. The molecule has 2 aliphatic heterocycles. The molecule has 2 bridgehead atoms. The summed E-state index contributed by atoms with van der Waals surface area (Å²) in [6, 6.07) is 0. The molecule has 3 aliphatic rings. The number of rotatable bonds is 0. The standard InChI is InChI=1S/C9H10O2/c10-6-2-1-5-7-3-4-8(11-7)9(5)6/h3-5,7-9H,1-2H2/t5-,7-,8+,9+/m1/s1. The van der Waals surface area contributed by atoms with E-state index >= 15 is 0 Å². The summed E-state index contributed by atoms with van der Waals surface area (Å²) < 4.78 is 5.58. The lowest BCUT2D eigenvalue weighted by molar-refractivity contribution is -0.122. The molecule has 1 aliphatic carbocycles. The number of carbonyl (C=O) groups is 1. The Kier molecular flexibility index (Phi) is 0.946. The number of carbonyl (C=O) groups excluding carboxylic acids is 1. The molecule has 1 saturated heterocycles. The van der Waals surface area contributed by atoms with Crippen molar-refractivity contribution < 1.29 is 9.53 Å². The second-order valence-corrected chi connectivity index (χ2v) is 3.64. The van der Waals surface area contributed by atoms with Gasteiger partial charge in [0.25, 0.3) is 0 Å². The Balaban J connectivity index is 2.03. The van der Waals surface area contributed by atoms with Gasteiger partial charge in [0.1, 0.15) is 5.78 Å². The normalized spacial score (nSPS) is 52.2. The molecule has 0 spiro atoms. The van der Waals surface area contributed by atoms with Gasteiger partial charge in [-0.05, 0) is 6.42 Å². The highest BCUT2D eigenvalue weighted by Gasteiger charge is 2.52. The Morgan fingerprint density at radius 3 is 3.00 bits per heavy atom. The minimum absolute atomic E-state index is 0.139. The van der Waals surface area contributed by atoms with Gasteiger partial charge >= 0.3 is 0 Å². The molecular formula is C9H10O2. The van der Waals surface area contributed by atoms with Crippen LogP contribution in [0.25, 0.3) is 0 Å². The molecule has 2 heteroatoms. The van der Waals surface area contributed by atoms with Gasteiger partial charge in [-0.2, -0.15) is 0 Å². The van der Waals surface area contributed by atoms with Gasteiger partial charge in [-0.25, -0.2) is 0 Å². The summed E-state index contributed by atoms with van der Waals surface area (Å²) in [6.45, 7) is 0. The van der Waals surface area contributed by atoms with Crippen LogP contribution >= 0.6 is 0 Å². The fourth-order valence-electron chi connectivity index (χ4n) is 2.63. The number of fused-ring (bicyclic) bond motifs is 5. The third-order valence-electron chi connectivity index (χ3n) is 3.14. The lowest BCUT2D eigenvalue weighted by Crippen LogP contribution is -2.23. The zero-order valence-corrected chi connectivity index (χ0v) is 6.19. The Hall–Kier alpha value is -0.630. The van der Waals surface area contributed by atoms with E-state index in [0.717, 1.165) is 12.8 Å². The third-order valence-corrected chi connectivity index (χ3v) is 3.14. The fourth-order valence-corrected chi connectivity index (χ4v) is 2.63. The molecule has 2 nitrogen and oxygen atoms in total. The second-order valence-electron chi connectivity index (χ2n) is 3.64. The number of hydrogen-bond acceptors (Lipinski definition) is 2. The van der Waals surface area contributed by atoms with E-state index in [1.165, 1.54) is 0 Å². The molecule has 3 rings (SSSR count). The first-order valence-corrected chi connectivity index (χ1v) is 4.23. The first-order chi connectivity index (χ1) is 5.36. The maximum atomic E-state index is 11.3. The smallest absolute Gasteiger partial charge is 0.139 e. The van der Waals surface area contributed by atoms with E-state index < -0.39 is 0 Å². The molecule has 2 heterocycles. The van der Waals surface area contributed by atoms with E-state index in [4.69, 9.17) is 4.74 Å². The topological polar surface area (TPSA) is 26.3 Å². The molecule has 11 heavy (non-hydrogen) atoms. The molecular weight excluding hydrogens is 140 g/mol. The number of hydrogen-bond donors (Lipinski definition) is 0. The Morgan fingerprint density at radius 2 is 2.18 bits per heavy atom. The van der Waals surface area contributed by atoms with E-state index in [-0.39, 0.29) is 18.1 Å². The van der Waals surface area contributed by atoms with Crippen molar-refractivity contribution in [1.82, 2.24) is 0 Å². The predicted molar refractivity (Wildman–Crippen MR) is 39.0 cm³/mol. The van der Waals surface area contributed by atoms with Gasteiger partial charge < -0.3 is 4.74 Å². The van der Waals surface area contributed by atoms with Crippen molar-refractivity contribution in [2.45, 2.75) is 25.0 Å². The number of ketones is 1. The minimum atomic E-state index is 0.139. The number of Topliss-reactive ketones (excluding diaryl/α,β-unsaturated/α-hetero) is 1. The summed E-state index contributed by atoms with van der Waals surface area (Å²) in [5, 5.41) is 0. The summed E-state index contributed by atoms with van der Waals surface area (Å²) in [5.41, 5.74) is 0. The summed E-state index contributed by atoms with van der Waals surface area (Å²) in [5.74, 6) is 1.18. The van der Waals surface area contributed by atoms with Gasteiger partial charge in [-0.1, -0.05) is 12.2 Å². The van der Waals surface area contributed by atoms with E-state index in [1.54, 1.807) is 0 Å². The number of ether oxygens (including phenoxy) is 1. The average Bonchev–Trinajstić information content (AvgIpc) is 2.60. The maximum Gasteiger partial charge on any atom is 0.139 e. The molecule has 2 fully saturated rings. The maximum absolute atomic E-state index is 11.3. The van der Waals surface area contributed by atoms with Crippen LogP contribution in [0.3, 0.4) is 0 Å². The van der Waals surface area contributed by atoms with E-state index in [9.17, 15) is 4.79 Å². The van der Waals surface area contributed by atoms with E-state index in [0.29, 0.717) is 11.7 Å². The highest BCUT2D eigenvalue weighted by atomic mass is 16.5. The van der Waals surface area contributed by atoms with Gasteiger partial charge in [-0.15, -0.1) is 0 Å². The predicted octanol–water partition coefficient (Wildman–Crippen LogP) is 0.919. The second kappa shape index (κ2) is 1.75. The quantitative estimate of drug-likeness (QED) is 0.480. The molecule has 0 aromatic heterocycles. The lowest BCUT2D eigenvalue weighted by atomic mass is 9.86. The van der Waals surface area contributed by atoms with Crippen molar-refractivity contribution in [2.75, 3.05) is 0 Å². The van der Waals surface area contributed by atoms with E-state index in [1.807, 2.05) is 0 Å². The fraction of sp³-hybridized carbons (Fsp3) is 0.667. The van der Waals surface area contributed by atoms with Crippen molar-refractivity contribution in [3.8, 4) is 0 Å². The van der Waals surface area contributed by atoms with Crippen LogP contribution in [0, 0.1) is 11.8 Å². The van der Waals surface area contributed by atoms with Crippen molar-refractivity contribution in [3.05, 3.63) is 12.2 Å². The molecule has 0 radical (unpaired) electrons. The third kappa shape index (κ3) is 0.590. The molecule has 0 aromatic carbocycles. The Bertz CT molecular complexity index is 244. The van der Waals surface area contributed by atoms with Crippen LogP contribution in [-0.2, 0) is 9.53 Å². The minimum Gasteiger partial charge on any atom is -0.366 e. The monoisotopic (exact) mass is 150 g/mol. The largest absolute Gasteiger partial charge is 0.366 e. The summed E-state index contributed by atoms with van der Waals surface area (Å²) in [7, 11) is 0. The van der Waals surface area contributed by atoms with Gasteiger partial charge in [0.2, 0.25) is 0 Å². The Morgan fingerprint density at radius 1 is 1.36 bits per heavy atom. The summed E-state index contributed by atoms with van der Waals surface area (Å²) >= 11 is 0. The average molecular weight is 150 g/mol. The summed E-state index contributed by atoms with van der Waals surface area (Å²) in [4.78, 5) is 11.3. The van der Waals surface area contributed by atoms with Crippen LogP contribution in [0.15, 0.2) is 12.2 Å². The molecule has 58 valence electrons. The van der Waals surface area contributed by atoms with Gasteiger partial charge in [0.15, 0.2) is 0 Å². The van der Waals surface area contributed by atoms with Crippen molar-refractivity contribution in [2.24, 2.45) is 11.8 Å². The highest BCUT2D eigenvalue weighted by molar-refractivity contribution is 5.85. The van der Waals surface area contributed by atoms with Gasteiger partial charge in [0.05, 0.1) is 18.1 Å². The highest BCUT2D eigenvalue weighted by Crippen LogP contribution is 2.46. The molecule has 0 amide bonds. The van der Waals surface area contributed by atoms with Crippen molar-refractivity contribution in [1.29, 1.82) is 0 Å². The first-order valence-electron chi connectivity index (χ1n) is 4.23. The first kappa shape index (κ1) is 5.95. The van der Waals surface area contributed by atoms with Crippen LogP contribution in [0.2, 0.25) is 0 Å². The zero-order chi connectivity index (χ0) is 7.42. The van der Waals surface area contributed by atoms with Crippen LogP contribution < -0.4 is 0 Å². The molecule has 1 saturated carbocycles. The van der Waals surface area contributed by atoms with Crippen molar-refractivity contribution in [3.63, 3.8) is 0 Å². The van der Waals surface area contributed by atoms with Crippen LogP contribution in [0.5, 0.6) is 0 Å². The SMILES string of the molecule is O=C1CC[C@H]2[C@@H]1[C@@H]1C=C[C@H]2O1. The van der Waals surface area contributed by atoms with Crippen LogP contribution in [0.4, 0.5) is 0 Å². The molecule has 0 aromatic rings.